The van der Waals surface area contributed by atoms with Crippen molar-refractivity contribution in [3.63, 3.8) is 0 Å². The lowest BCUT2D eigenvalue weighted by Crippen LogP contribution is -2.34. The lowest BCUT2D eigenvalue weighted by atomic mass is 9.82. The summed E-state index contributed by atoms with van der Waals surface area (Å²) in [7, 11) is 8.47. The average Bonchev–Trinajstić information content (AvgIpc) is 2.97. The van der Waals surface area contributed by atoms with Gasteiger partial charge in [0.25, 0.3) is 0 Å². The zero-order valence-corrected chi connectivity index (χ0v) is 21.5. The zero-order valence-electron chi connectivity index (χ0n) is 21.5. The Morgan fingerprint density at radius 1 is 0.842 bits per heavy atom. The molecular formula is C32H28O6. The highest BCUT2D eigenvalue weighted by atomic mass is 16.5. The van der Waals surface area contributed by atoms with Crippen LogP contribution in [0, 0.1) is 7.11 Å². The maximum absolute atomic E-state index is 13.0. The van der Waals surface area contributed by atoms with E-state index in [9.17, 15) is 4.79 Å². The first-order valence-corrected chi connectivity index (χ1v) is 12.2. The molecule has 0 saturated carbocycles. The monoisotopic (exact) mass is 508 g/mol. The number of rotatable bonds is 9. The molecular weight excluding hydrogens is 480 g/mol. The van der Waals surface area contributed by atoms with E-state index in [-0.39, 0.29) is 19.0 Å². The molecule has 0 atom stereocenters. The second kappa shape index (κ2) is 10.6. The second-order valence-electron chi connectivity index (χ2n) is 8.90. The minimum absolute atomic E-state index is 0.134. The van der Waals surface area contributed by atoms with E-state index >= 15 is 0 Å². The Hall–Kier alpha value is -4.29. The molecule has 192 valence electrons. The fourth-order valence-electron chi connectivity index (χ4n) is 4.90. The molecule has 0 amide bonds. The van der Waals surface area contributed by atoms with Crippen molar-refractivity contribution < 1.29 is 28.5 Å². The summed E-state index contributed by atoms with van der Waals surface area (Å²) in [6.45, 7) is 1.91. The van der Waals surface area contributed by atoms with Crippen molar-refractivity contribution in [1.82, 2.24) is 0 Å². The Morgan fingerprint density at radius 2 is 1.42 bits per heavy atom. The van der Waals surface area contributed by atoms with Gasteiger partial charge in [-0.2, -0.15) is 0 Å². The zero-order chi connectivity index (χ0) is 26.7. The van der Waals surface area contributed by atoms with Crippen molar-refractivity contribution in [3.8, 4) is 23.0 Å². The van der Waals surface area contributed by atoms with Gasteiger partial charge >= 0.3 is 0 Å². The quantitative estimate of drug-likeness (QED) is 0.191. The van der Waals surface area contributed by atoms with Crippen molar-refractivity contribution >= 4 is 22.6 Å². The Labute approximate surface area is 222 Å². The molecule has 5 rings (SSSR count). The molecule has 4 aromatic carbocycles. The number of benzene rings is 4. The van der Waals surface area contributed by atoms with E-state index in [2.05, 4.69) is 4.74 Å². The van der Waals surface area contributed by atoms with Crippen LogP contribution in [0.1, 0.15) is 34.0 Å². The number of fused-ring (bicyclic) bond motifs is 3. The van der Waals surface area contributed by atoms with Gasteiger partial charge in [0, 0.05) is 27.5 Å². The molecule has 0 fully saturated rings. The standard InChI is InChI=1S/C32H28O6/c1-21(33)29-28-17-18-32(22-9-13-24(35-3)14-10-22,23-11-15-25(36-4)16-12-23)38-30(28)26-7-5-6-8-27(26)31(29)37-20-19-34-2/h2,5-18H,19-20H2,1,3-4H3. The van der Waals surface area contributed by atoms with Crippen LogP contribution < -0.4 is 18.9 Å². The predicted molar refractivity (Wildman–Crippen MR) is 146 cm³/mol. The summed E-state index contributed by atoms with van der Waals surface area (Å²) in [5, 5.41) is 1.59. The van der Waals surface area contributed by atoms with E-state index in [4.69, 9.17) is 26.1 Å². The van der Waals surface area contributed by atoms with E-state index in [1.165, 1.54) is 6.92 Å². The Morgan fingerprint density at radius 3 is 1.95 bits per heavy atom. The molecule has 2 radical (unpaired) electrons. The minimum atomic E-state index is -0.974. The lowest BCUT2D eigenvalue weighted by Gasteiger charge is -2.37. The fourth-order valence-corrected chi connectivity index (χ4v) is 4.90. The minimum Gasteiger partial charge on any atom is -0.497 e. The molecule has 4 aromatic rings. The molecule has 0 saturated heterocycles. The van der Waals surface area contributed by atoms with Crippen LogP contribution in [-0.2, 0) is 10.3 Å². The highest BCUT2D eigenvalue weighted by Gasteiger charge is 2.39. The molecule has 0 aliphatic carbocycles. The molecule has 38 heavy (non-hydrogen) atoms. The second-order valence-corrected chi connectivity index (χ2v) is 8.90. The fraction of sp³-hybridized carbons (Fsp3) is 0.188. The van der Waals surface area contributed by atoms with Gasteiger partial charge in [0.1, 0.15) is 36.7 Å². The van der Waals surface area contributed by atoms with Crippen molar-refractivity contribution in [2.75, 3.05) is 27.4 Å². The smallest absolute Gasteiger partial charge is 0.178 e. The average molecular weight is 509 g/mol. The first-order chi connectivity index (χ1) is 18.5. The molecule has 1 heterocycles. The highest BCUT2D eigenvalue weighted by molar-refractivity contribution is 6.10. The summed E-state index contributed by atoms with van der Waals surface area (Å²) in [4.78, 5) is 13.0. The lowest BCUT2D eigenvalue weighted by molar-refractivity contribution is 0.100. The summed E-state index contributed by atoms with van der Waals surface area (Å²) in [6, 6.07) is 23.3. The SMILES string of the molecule is [CH]OCCOc1c(C(C)=O)c2c(c3ccccc13)OC(c1ccc(OC)cc1)(c1ccc(OC)cc1)C=C2. The predicted octanol–water partition coefficient (Wildman–Crippen LogP) is 6.47. The van der Waals surface area contributed by atoms with Crippen LogP contribution in [0.3, 0.4) is 0 Å². The van der Waals surface area contributed by atoms with Gasteiger partial charge in [-0.3, -0.25) is 4.79 Å². The number of methoxy groups -OCH3 is 2. The number of Topliss-reactive ketones (excluding diaryl/α,β-unsaturated/α-hetero) is 1. The highest BCUT2D eigenvalue weighted by Crippen LogP contribution is 2.49. The van der Waals surface area contributed by atoms with E-state index in [0.717, 1.165) is 33.4 Å². The van der Waals surface area contributed by atoms with Crippen LogP contribution in [-0.4, -0.2) is 33.2 Å². The van der Waals surface area contributed by atoms with Gasteiger partial charge in [-0.25, -0.2) is 0 Å². The third-order valence-electron chi connectivity index (χ3n) is 6.74. The van der Waals surface area contributed by atoms with E-state index < -0.39 is 5.60 Å². The molecule has 1 aliphatic rings. The molecule has 0 aromatic heterocycles. The normalized spacial score (nSPS) is 13.5. The molecule has 6 heteroatoms. The van der Waals surface area contributed by atoms with E-state index in [1.807, 2.05) is 84.9 Å². The molecule has 0 spiro atoms. The number of hydrogen-bond donors (Lipinski definition) is 0. The van der Waals surface area contributed by atoms with Gasteiger partial charge < -0.3 is 23.7 Å². The number of ether oxygens (including phenoxy) is 5. The topological polar surface area (TPSA) is 63.2 Å². The molecule has 6 nitrogen and oxygen atoms in total. The summed E-state index contributed by atoms with van der Waals surface area (Å²) in [5.41, 5.74) is 1.94. The van der Waals surface area contributed by atoms with Gasteiger partial charge in [-0.15, -0.1) is 0 Å². The first-order valence-electron chi connectivity index (χ1n) is 12.2. The van der Waals surface area contributed by atoms with Crippen LogP contribution in [0.2, 0.25) is 0 Å². The van der Waals surface area contributed by atoms with Crippen LogP contribution in [0.5, 0.6) is 23.0 Å². The van der Waals surface area contributed by atoms with Gasteiger partial charge in [0.15, 0.2) is 11.4 Å². The number of hydrogen-bond acceptors (Lipinski definition) is 6. The summed E-state index contributed by atoms with van der Waals surface area (Å²) < 4.78 is 28.5. The molecule has 0 unspecified atom stereocenters. The van der Waals surface area contributed by atoms with Gasteiger partial charge in [-0.05, 0) is 43.3 Å². The van der Waals surface area contributed by atoms with Gasteiger partial charge in [-0.1, -0.05) is 48.5 Å². The van der Waals surface area contributed by atoms with Gasteiger partial charge in [0.05, 0.1) is 26.4 Å². The van der Waals surface area contributed by atoms with Crippen LogP contribution in [0.25, 0.3) is 16.8 Å². The third kappa shape index (κ3) is 4.37. The summed E-state index contributed by atoms with van der Waals surface area (Å²) in [6.07, 6.45) is 3.93. The third-order valence-corrected chi connectivity index (χ3v) is 6.74. The van der Waals surface area contributed by atoms with Crippen LogP contribution in [0.15, 0.2) is 78.9 Å². The van der Waals surface area contributed by atoms with Crippen molar-refractivity contribution in [3.05, 3.63) is 108 Å². The van der Waals surface area contributed by atoms with Crippen LogP contribution >= 0.6 is 0 Å². The Balaban J connectivity index is 1.76. The maximum atomic E-state index is 13.0. The van der Waals surface area contributed by atoms with E-state index in [0.29, 0.717) is 22.6 Å². The van der Waals surface area contributed by atoms with Crippen molar-refractivity contribution in [2.45, 2.75) is 12.5 Å². The van der Waals surface area contributed by atoms with Crippen molar-refractivity contribution in [2.24, 2.45) is 0 Å². The molecule has 0 N–H and O–H groups in total. The van der Waals surface area contributed by atoms with Crippen LogP contribution in [0.4, 0.5) is 0 Å². The summed E-state index contributed by atoms with van der Waals surface area (Å²) in [5.74, 6) is 2.43. The van der Waals surface area contributed by atoms with Crippen molar-refractivity contribution in [1.29, 1.82) is 0 Å². The summed E-state index contributed by atoms with van der Waals surface area (Å²) >= 11 is 0. The molecule has 0 bridgehead atoms. The maximum Gasteiger partial charge on any atom is 0.178 e. The largest absolute Gasteiger partial charge is 0.497 e. The number of carbonyl (C=O) groups is 1. The van der Waals surface area contributed by atoms with Gasteiger partial charge in [0.2, 0.25) is 0 Å². The number of carbonyl (C=O) groups excluding carboxylic acids is 1. The number of ketones is 1. The van der Waals surface area contributed by atoms with E-state index in [1.54, 1.807) is 14.2 Å². The molecule has 1 aliphatic heterocycles. The Bertz CT molecular complexity index is 1440. The Kier molecular flexibility index (Phi) is 7.07. The first kappa shape index (κ1) is 25.4.